The molecule has 2 aliphatic heterocycles. The Hall–Kier alpha value is -2.81. The zero-order valence-corrected chi connectivity index (χ0v) is 24.1. The highest BCUT2D eigenvalue weighted by Crippen LogP contribution is 2.43. The summed E-state index contributed by atoms with van der Waals surface area (Å²) < 4.78 is 11.8. The maximum atomic E-state index is 14.1. The molecule has 0 unspecified atom stereocenters. The van der Waals surface area contributed by atoms with Crippen LogP contribution in [-0.4, -0.2) is 60.6 Å². The van der Waals surface area contributed by atoms with Crippen LogP contribution in [0, 0.1) is 11.3 Å². The number of amides is 2. The lowest BCUT2D eigenvalue weighted by Crippen LogP contribution is -2.47. The minimum atomic E-state index is -1.09. The molecule has 0 aromatic heterocycles. The Kier molecular flexibility index (Phi) is 8.78. The normalized spacial score (nSPS) is 20.4. The number of hydrogen-bond donors (Lipinski definition) is 1. The van der Waals surface area contributed by atoms with Crippen LogP contribution in [0.1, 0.15) is 57.3 Å². The maximum absolute atomic E-state index is 14.1. The van der Waals surface area contributed by atoms with Gasteiger partial charge in [-0.3, -0.25) is 14.4 Å². The third-order valence-corrected chi connectivity index (χ3v) is 7.65. The number of methoxy groups -OCH3 is 1. The standard InChI is InChI=1S/C29H34Cl2N2O6/c1-29(2,3)16-33-23-8-5-18(30)13-21(23)26(20-7-6-19(38-4)14-22(20)31)39-24(27(33)35)15-25(34)32-11-9-17(10-12-32)28(36)37/h5-8,13-14,17,24,26H,9-12,15-16H2,1-4H3,(H,36,37)/t24-,26-/m0/s1. The van der Waals surface area contributed by atoms with Crippen molar-refractivity contribution in [2.45, 2.75) is 52.2 Å². The minimum Gasteiger partial charge on any atom is -0.497 e. The summed E-state index contributed by atoms with van der Waals surface area (Å²) >= 11 is 13.1. The molecule has 2 heterocycles. The third-order valence-electron chi connectivity index (χ3n) is 7.08. The molecule has 1 N–H and O–H groups in total. The zero-order chi connectivity index (χ0) is 28.5. The molecule has 2 aliphatic rings. The van der Waals surface area contributed by atoms with Crippen molar-refractivity contribution in [2.75, 3.05) is 31.6 Å². The molecule has 1 saturated heterocycles. The van der Waals surface area contributed by atoms with Crippen molar-refractivity contribution in [3.63, 3.8) is 0 Å². The number of anilines is 1. The van der Waals surface area contributed by atoms with Gasteiger partial charge in [0.05, 0.1) is 24.5 Å². The van der Waals surface area contributed by atoms with E-state index in [1.54, 1.807) is 53.3 Å². The van der Waals surface area contributed by atoms with Crippen LogP contribution in [0.15, 0.2) is 36.4 Å². The second-order valence-corrected chi connectivity index (χ2v) is 12.1. The van der Waals surface area contributed by atoms with Gasteiger partial charge in [0.15, 0.2) is 0 Å². The molecule has 2 amide bonds. The van der Waals surface area contributed by atoms with Crippen LogP contribution >= 0.6 is 23.2 Å². The molecule has 8 nitrogen and oxygen atoms in total. The molecule has 1 fully saturated rings. The fourth-order valence-corrected chi connectivity index (χ4v) is 5.54. The lowest BCUT2D eigenvalue weighted by Gasteiger charge is -2.33. The molecular weight excluding hydrogens is 543 g/mol. The van der Waals surface area contributed by atoms with Crippen LogP contribution in [0.2, 0.25) is 10.0 Å². The molecule has 0 aliphatic carbocycles. The Morgan fingerprint density at radius 3 is 2.36 bits per heavy atom. The second-order valence-electron chi connectivity index (χ2n) is 11.3. The molecular formula is C29H34Cl2N2O6. The van der Waals surface area contributed by atoms with Crippen molar-refractivity contribution in [1.29, 1.82) is 0 Å². The first-order valence-electron chi connectivity index (χ1n) is 13.0. The topological polar surface area (TPSA) is 96.4 Å². The van der Waals surface area contributed by atoms with Gasteiger partial charge in [-0.2, -0.15) is 0 Å². The van der Waals surface area contributed by atoms with Crippen LogP contribution in [0.25, 0.3) is 0 Å². The molecule has 39 heavy (non-hydrogen) atoms. The maximum Gasteiger partial charge on any atom is 0.306 e. The number of likely N-dealkylation sites (tertiary alicyclic amines) is 1. The van der Waals surface area contributed by atoms with Crippen molar-refractivity contribution in [1.82, 2.24) is 4.90 Å². The number of benzene rings is 2. The van der Waals surface area contributed by atoms with Gasteiger partial charge in [0.1, 0.15) is 18.0 Å². The number of piperidine rings is 1. The van der Waals surface area contributed by atoms with Crippen molar-refractivity contribution in [3.8, 4) is 5.75 Å². The first-order chi connectivity index (χ1) is 18.4. The van der Waals surface area contributed by atoms with E-state index in [0.717, 1.165) is 0 Å². The summed E-state index contributed by atoms with van der Waals surface area (Å²) in [4.78, 5) is 42.1. The van der Waals surface area contributed by atoms with Crippen LogP contribution in [0.5, 0.6) is 5.75 Å². The predicted octanol–water partition coefficient (Wildman–Crippen LogP) is 5.58. The molecule has 210 valence electrons. The van der Waals surface area contributed by atoms with E-state index in [9.17, 15) is 19.5 Å². The lowest BCUT2D eigenvalue weighted by molar-refractivity contribution is -0.148. The fraction of sp³-hybridized carbons (Fsp3) is 0.483. The molecule has 0 spiro atoms. The van der Waals surface area contributed by atoms with Gasteiger partial charge >= 0.3 is 5.97 Å². The van der Waals surface area contributed by atoms with E-state index in [2.05, 4.69) is 0 Å². The van der Waals surface area contributed by atoms with Crippen molar-refractivity contribution < 1.29 is 29.0 Å². The monoisotopic (exact) mass is 576 g/mol. The van der Waals surface area contributed by atoms with Gasteiger partial charge in [0.25, 0.3) is 5.91 Å². The molecule has 0 saturated carbocycles. The van der Waals surface area contributed by atoms with Gasteiger partial charge in [-0.05, 0) is 48.6 Å². The van der Waals surface area contributed by atoms with Gasteiger partial charge in [-0.15, -0.1) is 0 Å². The molecule has 0 bridgehead atoms. The van der Waals surface area contributed by atoms with Gasteiger partial charge < -0.3 is 24.4 Å². The van der Waals surface area contributed by atoms with Crippen LogP contribution < -0.4 is 9.64 Å². The van der Waals surface area contributed by atoms with Gasteiger partial charge in [0, 0.05) is 41.5 Å². The van der Waals surface area contributed by atoms with Crippen molar-refractivity contribution in [2.24, 2.45) is 11.3 Å². The Bertz CT molecular complexity index is 1250. The Labute approximate surface area is 238 Å². The molecule has 2 aromatic rings. The average Bonchev–Trinajstić information content (AvgIpc) is 2.98. The van der Waals surface area contributed by atoms with E-state index in [4.69, 9.17) is 32.7 Å². The number of hydrogen-bond acceptors (Lipinski definition) is 5. The quantitative estimate of drug-likeness (QED) is 0.482. The van der Waals surface area contributed by atoms with E-state index >= 15 is 0 Å². The SMILES string of the molecule is COc1ccc([C@@H]2O[C@@H](CC(=O)N3CCC(C(=O)O)CC3)C(=O)N(CC(C)(C)C)c3ccc(Cl)cc32)c(Cl)c1. The summed E-state index contributed by atoms with van der Waals surface area (Å²) in [5.41, 5.74) is 1.68. The largest absolute Gasteiger partial charge is 0.497 e. The van der Waals surface area contributed by atoms with E-state index in [1.807, 2.05) is 20.8 Å². The minimum absolute atomic E-state index is 0.177. The molecule has 10 heteroatoms. The fourth-order valence-electron chi connectivity index (χ4n) is 5.09. The summed E-state index contributed by atoms with van der Waals surface area (Å²) in [5.74, 6) is -1.32. The number of nitrogens with zero attached hydrogens (tertiary/aromatic N) is 2. The number of halogens is 2. The lowest BCUT2D eigenvalue weighted by atomic mass is 9.94. The van der Waals surface area contributed by atoms with Gasteiger partial charge in [-0.1, -0.05) is 50.0 Å². The number of aliphatic carboxylic acids is 1. The number of rotatable bonds is 6. The number of fused-ring (bicyclic) bond motifs is 1. The first-order valence-corrected chi connectivity index (χ1v) is 13.7. The summed E-state index contributed by atoms with van der Waals surface area (Å²) in [7, 11) is 1.55. The molecule has 4 rings (SSSR count). The van der Waals surface area contributed by atoms with Gasteiger partial charge in [0.2, 0.25) is 5.91 Å². The summed E-state index contributed by atoms with van der Waals surface area (Å²) in [6, 6.07) is 10.5. The number of carboxylic acid groups (broad SMARTS) is 1. The van der Waals surface area contributed by atoms with Crippen molar-refractivity contribution >= 4 is 46.7 Å². The van der Waals surface area contributed by atoms with E-state index in [-0.39, 0.29) is 23.7 Å². The number of carboxylic acids is 1. The summed E-state index contributed by atoms with van der Waals surface area (Å²) in [5, 5.41) is 10.2. The number of carbonyl (C=O) groups is 3. The van der Waals surface area contributed by atoms with Crippen LogP contribution in [0.4, 0.5) is 5.69 Å². The summed E-state index contributed by atoms with van der Waals surface area (Å²) in [6.07, 6.45) is -1.29. The second kappa shape index (κ2) is 11.7. The number of ether oxygens (including phenoxy) is 2. The van der Waals surface area contributed by atoms with Crippen LogP contribution in [0.3, 0.4) is 0 Å². The van der Waals surface area contributed by atoms with Crippen molar-refractivity contribution in [3.05, 3.63) is 57.6 Å². The third kappa shape index (κ3) is 6.68. The Morgan fingerprint density at radius 1 is 1.08 bits per heavy atom. The highest BCUT2D eigenvalue weighted by Gasteiger charge is 2.40. The van der Waals surface area contributed by atoms with Crippen LogP contribution in [-0.2, 0) is 19.1 Å². The molecule has 2 aromatic carbocycles. The highest BCUT2D eigenvalue weighted by molar-refractivity contribution is 6.32. The molecule has 2 atom stereocenters. The number of carbonyl (C=O) groups excluding carboxylic acids is 2. The Balaban J connectivity index is 1.73. The zero-order valence-electron chi connectivity index (χ0n) is 22.6. The Morgan fingerprint density at radius 2 is 1.77 bits per heavy atom. The molecule has 0 radical (unpaired) electrons. The first kappa shape index (κ1) is 29.2. The predicted molar refractivity (Wildman–Crippen MR) is 150 cm³/mol. The summed E-state index contributed by atoms with van der Waals surface area (Å²) in [6.45, 7) is 7.14. The smallest absolute Gasteiger partial charge is 0.306 e. The van der Waals surface area contributed by atoms with E-state index in [0.29, 0.717) is 65.1 Å². The highest BCUT2D eigenvalue weighted by atomic mass is 35.5. The average molecular weight is 578 g/mol. The van der Waals surface area contributed by atoms with Gasteiger partial charge in [-0.25, -0.2) is 0 Å². The van der Waals surface area contributed by atoms with E-state index in [1.165, 1.54) is 0 Å². The van der Waals surface area contributed by atoms with E-state index < -0.39 is 24.1 Å².